The van der Waals surface area contributed by atoms with Gasteiger partial charge in [0.15, 0.2) is 0 Å². The summed E-state index contributed by atoms with van der Waals surface area (Å²) in [6, 6.07) is 3.69. The standard InChI is InChI=1S/C13H15F3N4/c1-3-5-17-12-8-9(13(14,15)16)7-10(19-12)11-4-6-18-20(11)2/h4,6-8H,3,5H2,1-2H3,(H,17,19). The minimum Gasteiger partial charge on any atom is -0.370 e. The van der Waals surface area contributed by atoms with E-state index < -0.39 is 11.7 Å². The summed E-state index contributed by atoms with van der Waals surface area (Å²) in [6.07, 6.45) is -2.08. The van der Waals surface area contributed by atoms with Crippen molar-refractivity contribution in [2.45, 2.75) is 19.5 Å². The van der Waals surface area contributed by atoms with E-state index in [4.69, 9.17) is 0 Å². The summed E-state index contributed by atoms with van der Waals surface area (Å²) in [7, 11) is 1.66. The number of aryl methyl sites for hydroxylation is 1. The van der Waals surface area contributed by atoms with Crippen LogP contribution in [-0.4, -0.2) is 21.3 Å². The van der Waals surface area contributed by atoms with Gasteiger partial charge >= 0.3 is 6.18 Å². The number of hydrogen-bond donors (Lipinski definition) is 1. The summed E-state index contributed by atoms with van der Waals surface area (Å²) in [5, 5.41) is 6.84. The van der Waals surface area contributed by atoms with Gasteiger partial charge in [-0.1, -0.05) is 6.92 Å². The van der Waals surface area contributed by atoms with E-state index >= 15 is 0 Å². The summed E-state index contributed by atoms with van der Waals surface area (Å²) in [5.41, 5.74) is 0.0661. The van der Waals surface area contributed by atoms with Crippen LogP contribution >= 0.6 is 0 Å². The van der Waals surface area contributed by atoms with E-state index in [0.29, 0.717) is 12.2 Å². The molecular weight excluding hydrogens is 269 g/mol. The molecule has 0 unspecified atom stereocenters. The van der Waals surface area contributed by atoms with Gasteiger partial charge in [0.2, 0.25) is 0 Å². The maximum atomic E-state index is 12.9. The molecule has 0 spiro atoms. The maximum Gasteiger partial charge on any atom is 0.416 e. The molecule has 108 valence electrons. The molecule has 2 aromatic heterocycles. The van der Waals surface area contributed by atoms with E-state index in [2.05, 4.69) is 15.4 Å². The van der Waals surface area contributed by atoms with Gasteiger partial charge in [0, 0.05) is 19.8 Å². The normalized spacial score (nSPS) is 11.7. The van der Waals surface area contributed by atoms with Gasteiger partial charge in [-0.15, -0.1) is 0 Å². The quantitative estimate of drug-likeness (QED) is 0.936. The number of alkyl halides is 3. The second-order valence-electron chi connectivity index (χ2n) is 4.39. The second-order valence-corrected chi connectivity index (χ2v) is 4.39. The largest absolute Gasteiger partial charge is 0.416 e. The van der Waals surface area contributed by atoms with Crippen molar-refractivity contribution in [1.29, 1.82) is 0 Å². The van der Waals surface area contributed by atoms with E-state index in [1.54, 1.807) is 13.1 Å². The number of anilines is 1. The Morgan fingerprint density at radius 1 is 1.30 bits per heavy atom. The Kier molecular flexibility index (Phi) is 3.96. The molecule has 0 fully saturated rings. The van der Waals surface area contributed by atoms with Crippen LogP contribution in [0.3, 0.4) is 0 Å². The SMILES string of the molecule is CCCNc1cc(C(F)(F)F)cc(-c2ccnn2C)n1. The van der Waals surface area contributed by atoms with Crippen LogP contribution in [0.25, 0.3) is 11.4 Å². The lowest BCUT2D eigenvalue weighted by Crippen LogP contribution is -2.10. The maximum absolute atomic E-state index is 12.9. The summed E-state index contributed by atoms with van der Waals surface area (Å²) < 4.78 is 40.3. The van der Waals surface area contributed by atoms with Gasteiger partial charge in [-0.05, 0) is 24.6 Å². The van der Waals surface area contributed by atoms with E-state index in [0.717, 1.165) is 18.6 Å². The molecule has 0 aliphatic carbocycles. The van der Waals surface area contributed by atoms with Crippen LogP contribution in [-0.2, 0) is 13.2 Å². The first kappa shape index (κ1) is 14.4. The molecule has 0 radical (unpaired) electrons. The molecule has 0 saturated carbocycles. The van der Waals surface area contributed by atoms with Crippen LogP contribution in [0.5, 0.6) is 0 Å². The summed E-state index contributed by atoms with van der Waals surface area (Å²) >= 11 is 0. The van der Waals surface area contributed by atoms with Crippen LogP contribution in [0.1, 0.15) is 18.9 Å². The molecule has 0 amide bonds. The van der Waals surface area contributed by atoms with Crippen molar-refractivity contribution in [1.82, 2.24) is 14.8 Å². The third-order valence-electron chi connectivity index (χ3n) is 2.79. The van der Waals surface area contributed by atoms with E-state index in [1.807, 2.05) is 6.92 Å². The fraction of sp³-hybridized carbons (Fsp3) is 0.385. The molecule has 0 atom stereocenters. The highest BCUT2D eigenvalue weighted by atomic mass is 19.4. The summed E-state index contributed by atoms with van der Waals surface area (Å²) in [6.45, 7) is 2.50. The molecular formula is C13H15F3N4. The number of rotatable bonds is 4. The Bertz CT molecular complexity index is 590. The van der Waals surface area contributed by atoms with Gasteiger partial charge in [0.1, 0.15) is 5.82 Å². The van der Waals surface area contributed by atoms with E-state index in [1.165, 1.54) is 10.9 Å². The number of aromatic nitrogens is 3. The lowest BCUT2D eigenvalue weighted by molar-refractivity contribution is -0.137. The molecule has 0 aromatic carbocycles. The van der Waals surface area contributed by atoms with Crippen LogP contribution in [0.4, 0.5) is 19.0 Å². The predicted octanol–water partition coefficient (Wildman–Crippen LogP) is 3.32. The number of nitrogens with zero attached hydrogens (tertiary/aromatic N) is 3. The van der Waals surface area contributed by atoms with Crippen molar-refractivity contribution in [3.8, 4) is 11.4 Å². The third-order valence-corrected chi connectivity index (χ3v) is 2.79. The van der Waals surface area contributed by atoms with Crippen molar-refractivity contribution in [3.63, 3.8) is 0 Å². The second kappa shape index (κ2) is 5.52. The van der Waals surface area contributed by atoms with Crippen LogP contribution in [0, 0.1) is 0 Å². The van der Waals surface area contributed by atoms with Gasteiger partial charge in [0.05, 0.1) is 17.0 Å². The topological polar surface area (TPSA) is 42.7 Å². The van der Waals surface area contributed by atoms with E-state index in [9.17, 15) is 13.2 Å². The lowest BCUT2D eigenvalue weighted by atomic mass is 10.1. The molecule has 2 heterocycles. The zero-order chi connectivity index (χ0) is 14.8. The fourth-order valence-corrected chi connectivity index (χ4v) is 1.79. The molecule has 20 heavy (non-hydrogen) atoms. The molecule has 2 aromatic rings. The van der Waals surface area contributed by atoms with Gasteiger partial charge in [-0.2, -0.15) is 18.3 Å². The van der Waals surface area contributed by atoms with Crippen molar-refractivity contribution in [3.05, 3.63) is 30.0 Å². The molecule has 7 heteroatoms. The molecule has 1 N–H and O–H groups in total. The number of hydrogen-bond acceptors (Lipinski definition) is 3. The predicted molar refractivity (Wildman–Crippen MR) is 70.2 cm³/mol. The van der Waals surface area contributed by atoms with Gasteiger partial charge in [-0.3, -0.25) is 4.68 Å². The summed E-state index contributed by atoms with van der Waals surface area (Å²) in [5.74, 6) is 0.220. The Labute approximate surface area is 114 Å². The number of pyridine rings is 1. The first-order valence-electron chi connectivity index (χ1n) is 6.23. The molecule has 2 rings (SSSR count). The Morgan fingerprint density at radius 3 is 2.60 bits per heavy atom. The smallest absolute Gasteiger partial charge is 0.370 e. The molecule has 0 aliphatic rings. The third kappa shape index (κ3) is 3.09. The van der Waals surface area contributed by atoms with Crippen LogP contribution in [0.15, 0.2) is 24.4 Å². The summed E-state index contributed by atoms with van der Waals surface area (Å²) in [4.78, 5) is 4.22. The highest BCUT2D eigenvalue weighted by Gasteiger charge is 2.32. The van der Waals surface area contributed by atoms with Gasteiger partial charge in [0.25, 0.3) is 0 Å². The average molecular weight is 284 g/mol. The zero-order valence-corrected chi connectivity index (χ0v) is 11.2. The molecule has 4 nitrogen and oxygen atoms in total. The number of halogens is 3. The zero-order valence-electron chi connectivity index (χ0n) is 11.2. The molecule has 0 aliphatic heterocycles. The van der Waals surface area contributed by atoms with Crippen LogP contribution < -0.4 is 5.32 Å². The van der Waals surface area contributed by atoms with Crippen molar-refractivity contribution in [2.75, 3.05) is 11.9 Å². The molecule has 0 bridgehead atoms. The highest BCUT2D eigenvalue weighted by Crippen LogP contribution is 2.33. The minimum absolute atomic E-state index is 0.220. The fourth-order valence-electron chi connectivity index (χ4n) is 1.79. The first-order chi connectivity index (χ1) is 9.41. The van der Waals surface area contributed by atoms with Gasteiger partial charge < -0.3 is 5.32 Å². The Balaban J connectivity index is 2.48. The highest BCUT2D eigenvalue weighted by molar-refractivity contribution is 5.59. The Hall–Kier alpha value is -2.05. The minimum atomic E-state index is -4.40. The van der Waals surface area contributed by atoms with E-state index in [-0.39, 0.29) is 11.5 Å². The van der Waals surface area contributed by atoms with Gasteiger partial charge in [-0.25, -0.2) is 4.98 Å². The lowest BCUT2D eigenvalue weighted by Gasteiger charge is -2.12. The van der Waals surface area contributed by atoms with Crippen LogP contribution in [0.2, 0.25) is 0 Å². The average Bonchev–Trinajstić information content (AvgIpc) is 2.81. The monoisotopic (exact) mass is 284 g/mol. The van der Waals surface area contributed by atoms with Crippen molar-refractivity contribution < 1.29 is 13.2 Å². The number of nitrogens with one attached hydrogen (secondary N) is 1. The van der Waals surface area contributed by atoms with Crippen molar-refractivity contribution >= 4 is 5.82 Å². The molecule has 0 saturated heterocycles. The Morgan fingerprint density at radius 2 is 2.05 bits per heavy atom. The van der Waals surface area contributed by atoms with Crippen molar-refractivity contribution in [2.24, 2.45) is 7.05 Å². The first-order valence-corrected chi connectivity index (χ1v) is 6.23.